The first-order valence-corrected chi connectivity index (χ1v) is 24.8. The van der Waals surface area contributed by atoms with Crippen molar-refractivity contribution in [2.24, 2.45) is 0 Å². The summed E-state index contributed by atoms with van der Waals surface area (Å²) in [5.41, 5.74) is 27.7. The lowest BCUT2D eigenvalue weighted by Crippen LogP contribution is -2.26. The van der Waals surface area contributed by atoms with Crippen LogP contribution in [0.5, 0.6) is 0 Å². The minimum Gasteiger partial charge on any atom is -0.208 e. The Bertz CT molecular complexity index is 3400. The Morgan fingerprint density at radius 1 is 0.232 bits per heavy atom. The van der Waals surface area contributed by atoms with Crippen LogP contribution in [0.1, 0.15) is 66.8 Å². The number of nitrogens with zero attached hydrogens (tertiary/aromatic N) is 3. The van der Waals surface area contributed by atoms with E-state index < -0.39 is 0 Å². The third-order valence-corrected chi connectivity index (χ3v) is 17.5. The van der Waals surface area contributed by atoms with Gasteiger partial charge in [0.1, 0.15) is 0 Å². The second-order valence-electron chi connectivity index (χ2n) is 20.8. The molecule has 0 fully saturated rings. The van der Waals surface area contributed by atoms with E-state index in [0.29, 0.717) is 17.5 Å². The average molecular weight is 880 g/mol. The maximum atomic E-state index is 5.54. The van der Waals surface area contributed by atoms with E-state index in [9.17, 15) is 0 Å². The van der Waals surface area contributed by atoms with Crippen molar-refractivity contribution in [1.29, 1.82) is 0 Å². The summed E-state index contributed by atoms with van der Waals surface area (Å²) in [6.45, 7) is 0. The molecule has 1 aromatic heterocycles. The third-order valence-electron chi connectivity index (χ3n) is 17.5. The summed E-state index contributed by atoms with van der Waals surface area (Å²) in [6.07, 6.45) is 5.90. The van der Waals surface area contributed by atoms with Gasteiger partial charge in [-0.25, -0.2) is 15.0 Å². The Balaban J connectivity index is 0.893. The molecule has 16 rings (SSSR count). The minimum atomic E-state index is -0.144. The fourth-order valence-electron chi connectivity index (χ4n) is 14.5. The molecule has 0 saturated carbocycles. The van der Waals surface area contributed by atoms with Crippen LogP contribution in [0.3, 0.4) is 0 Å². The van der Waals surface area contributed by atoms with Crippen LogP contribution in [0.25, 0.3) is 67.5 Å². The molecule has 0 saturated heterocycles. The first-order chi connectivity index (χ1) is 34.1. The Morgan fingerprint density at radius 2 is 0.464 bits per heavy atom. The quantitative estimate of drug-likeness (QED) is 0.177. The molecular weight excluding hydrogens is 835 g/mol. The Hall–Kier alpha value is -8.01. The highest BCUT2D eigenvalue weighted by atomic mass is 15.0. The lowest BCUT2D eigenvalue weighted by molar-refractivity contribution is 0.564. The van der Waals surface area contributed by atoms with Crippen molar-refractivity contribution in [2.75, 3.05) is 0 Å². The van der Waals surface area contributed by atoms with Crippen LogP contribution in [0.15, 0.2) is 200 Å². The number of hydrogen-bond acceptors (Lipinski definition) is 3. The van der Waals surface area contributed by atoms with Crippen molar-refractivity contribution >= 4 is 0 Å². The van der Waals surface area contributed by atoms with Crippen molar-refractivity contribution in [2.45, 2.75) is 54.8 Å². The molecule has 1 heterocycles. The summed E-state index contributed by atoms with van der Waals surface area (Å²) in [5.74, 6) is 2.12. The minimum absolute atomic E-state index is 0.144. The number of hydrogen-bond donors (Lipinski definition) is 0. The lowest BCUT2D eigenvalue weighted by Gasteiger charge is -2.27. The van der Waals surface area contributed by atoms with E-state index in [1.54, 1.807) is 0 Å². The maximum absolute atomic E-state index is 5.54. The Labute approximate surface area is 402 Å². The van der Waals surface area contributed by atoms with Crippen LogP contribution >= 0.6 is 0 Å². The largest absolute Gasteiger partial charge is 0.208 e. The molecule has 9 aromatic carbocycles. The van der Waals surface area contributed by atoms with Crippen molar-refractivity contribution in [3.05, 3.63) is 267 Å². The molecule has 6 aliphatic carbocycles. The van der Waals surface area contributed by atoms with Crippen LogP contribution < -0.4 is 0 Å². The van der Waals surface area contributed by atoms with Gasteiger partial charge in [-0.05, 0) is 157 Å². The molecule has 324 valence electrons. The molecule has 0 unspecified atom stereocenters. The van der Waals surface area contributed by atoms with Crippen molar-refractivity contribution < 1.29 is 0 Å². The van der Waals surface area contributed by atoms with E-state index >= 15 is 0 Å². The van der Waals surface area contributed by atoms with Gasteiger partial charge >= 0.3 is 0 Å². The Morgan fingerprint density at radius 3 is 0.739 bits per heavy atom. The van der Waals surface area contributed by atoms with Crippen LogP contribution in [0.4, 0.5) is 0 Å². The molecule has 6 aliphatic rings. The molecule has 3 nitrogen and oxygen atoms in total. The van der Waals surface area contributed by atoms with Gasteiger partial charge in [0.25, 0.3) is 0 Å². The topological polar surface area (TPSA) is 38.7 Å². The highest BCUT2D eigenvalue weighted by Gasteiger charge is 2.50. The Kier molecular flexibility index (Phi) is 7.48. The zero-order chi connectivity index (χ0) is 45.1. The standard InChI is InChI=1S/C66H45N3/c1-2-14-44-35-64(34-43(44)13-1)55-22-10-7-19-49(55)52-28-25-40(31-58(52)64)61-67-62(41-26-29-53-50-20-8-11-23-56(50)65(59(53)32-41)36-45-15-3-4-16-46(45)37-65)69-63(68-61)42-27-30-54-51-21-9-12-24-57(51)66(60(54)33-42)38-47-17-5-6-18-48(47)39-66/h1-33H,34-39H2. The molecule has 0 bridgehead atoms. The van der Waals surface area contributed by atoms with Crippen LogP contribution in [-0.2, 0) is 54.8 Å². The summed E-state index contributed by atoms with van der Waals surface area (Å²) < 4.78 is 0. The molecule has 0 aliphatic heterocycles. The van der Waals surface area contributed by atoms with Crippen molar-refractivity contribution in [1.82, 2.24) is 15.0 Å². The van der Waals surface area contributed by atoms with E-state index in [1.165, 1.54) is 100 Å². The number of fused-ring (bicyclic) bond motifs is 18. The second kappa shape index (κ2) is 13.6. The van der Waals surface area contributed by atoms with Crippen molar-refractivity contribution in [3.8, 4) is 67.5 Å². The van der Waals surface area contributed by atoms with Crippen LogP contribution in [0, 0.1) is 0 Å². The smallest absolute Gasteiger partial charge is 0.164 e. The highest BCUT2D eigenvalue weighted by Crippen LogP contribution is 2.59. The molecule has 3 spiro atoms. The van der Waals surface area contributed by atoms with Gasteiger partial charge in [0.15, 0.2) is 17.5 Å². The number of rotatable bonds is 3. The van der Waals surface area contributed by atoms with Gasteiger partial charge < -0.3 is 0 Å². The summed E-state index contributed by atoms with van der Waals surface area (Å²) in [6, 6.07) is 75.5. The highest BCUT2D eigenvalue weighted by molar-refractivity contribution is 5.88. The predicted octanol–water partition coefficient (Wildman–Crippen LogP) is 14.1. The van der Waals surface area contributed by atoms with Crippen LogP contribution in [-0.4, -0.2) is 15.0 Å². The molecule has 0 atom stereocenters. The molecular formula is C66H45N3. The second-order valence-corrected chi connectivity index (χ2v) is 20.8. The van der Waals surface area contributed by atoms with Gasteiger partial charge in [-0.3, -0.25) is 0 Å². The van der Waals surface area contributed by atoms with Gasteiger partial charge in [-0.2, -0.15) is 0 Å². The first kappa shape index (κ1) is 38.0. The lowest BCUT2D eigenvalue weighted by atomic mass is 9.75. The fraction of sp³-hybridized carbons (Fsp3) is 0.136. The molecule has 10 aromatic rings. The van der Waals surface area contributed by atoms with E-state index in [2.05, 4.69) is 200 Å². The summed E-state index contributed by atoms with van der Waals surface area (Å²) in [5, 5.41) is 0. The molecule has 3 heteroatoms. The van der Waals surface area contributed by atoms with E-state index in [4.69, 9.17) is 15.0 Å². The SMILES string of the molecule is c1ccc2c(c1)CC1(C2)c2ccccc2-c2ccc(-c3nc(-c4ccc5c(c4)C4(Cc6ccccc6C4)c4ccccc4-5)nc(-c4ccc5c(c4)C4(Cc6ccccc6C4)c4ccccc4-5)n3)cc21. The van der Waals surface area contributed by atoms with E-state index in [-0.39, 0.29) is 16.2 Å². The average Bonchev–Trinajstić information content (AvgIpc) is 4.25. The maximum Gasteiger partial charge on any atom is 0.164 e. The number of aromatic nitrogens is 3. The first-order valence-electron chi connectivity index (χ1n) is 24.8. The van der Waals surface area contributed by atoms with Gasteiger partial charge in [0.05, 0.1) is 0 Å². The third kappa shape index (κ3) is 5.09. The molecule has 69 heavy (non-hydrogen) atoms. The van der Waals surface area contributed by atoms with Gasteiger partial charge in [0, 0.05) is 32.9 Å². The van der Waals surface area contributed by atoms with Crippen molar-refractivity contribution in [3.63, 3.8) is 0 Å². The molecule has 0 N–H and O–H groups in total. The zero-order valence-corrected chi connectivity index (χ0v) is 38.1. The normalized spacial score (nSPS) is 16.7. The van der Waals surface area contributed by atoms with Gasteiger partial charge in [-0.15, -0.1) is 0 Å². The monoisotopic (exact) mass is 879 g/mol. The summed E-state index contributed by atoms with van der Waals surface area (Å²) >= 11 is 0. The van der Waals surface area contributed by atoms with E-state index in [0.717, 1.165) is 55.2 Å². The van der Waals surface area contributed by atoms with Gasteiger partial charge in [-0.1, -0.05) is 182 Å². The predicted molar refractivity (Wildman–Crippen MR) is 276 cm³/mol. The molecule has 0 radical (unpaired) electrons. The van der Waals surface area contributed by atoms with E-state index in [1.807, 2.05) is 0 Å². The fourth-order valence-corrected chi connectivity index (χ4v) is 14.5. The summed E-state index contributed by atoms with van der Waals surface area (Å²) in [4.78, 5) is 16.6. The number of benzene rings is 9. The molecule has 0 amide bonds. The zero-order valence-electron chi connectivity index (χ0n) is 38.1. The summed E-state index contributed by atoms with van der Waals surface area (Å²) in [7, 11) is 0. The van der Waals surface area contributed by atoms with Gasteiger partial charge in [0.2, 0.25) is 0 Å². The van der Waals surface area contributed by atoms with Crippen LogP contribution in [0.2, 0.25) is 0 Å².